The van der Waals surface area contributed by atoms with Crippen LogP contribution in [0.2, 0.25) is 19.6 Å². The Bertz CT molecular complexity index is 1360. The second-order valence-electron chi connectivity index (χ2n) is 9.71. The van der Waals surface area contributed by atoms with Gasteiger partial charge in [0.05, 0.1) is 21.6 Å². The fourth-order valence-electron chi connectivity index (χ4n) is 4.51. The molecule has 1 aliphatic rings. The van der Waals surface area contributed by atoms with Crippen molar-refractivity contribution in [2.24, 2.45) is 0 Å². The fourth-order valence-corrected chi connectivity index (χ4v) is 6.09. The number of aromatic amines is 1. The van der Waals surface area contributed by atoms with E-state index in [2.05, 4.69) is 10.5 Å². The van der Waals surface area contributed by atoms with Crippen LogP contribution < -0.4 is 20.8 Å². The second kappa shape index (κ2) is 9.73. The Kier molecular flexibility index (Phi) is 6.85. The van der Waals surface area contributed by atoms with Gasteiger partial charge in [0.1, 0.15) is 29.2 Å². The Morgan fingerprint density at radius 3 is 2.44 bits per heavy atom. The number of aromatic nitrogens is 1. The van der Waals surface area contributed by atoms with Gasteiger partial charge in [-0.3, -0.25) is 14.4 Å². The molecule has 0 saturated heterocycles. The van der Waals surface area contributed by atoms with Gasteiger partial charge in [0.15, 0.2) is 0 Å². The molecule has 0 bridgehead atoms. The molecule has 0 unspecified atom stereocenters. The van der Waals surface area contributed by atoms with E-state index in [1.54, 1.807) is 18.2 Å². The average molecular weight is 516 g/mol. The number of amides is 2. The number of hydrogen-bond acceptors (Lipinski definition) is 5. The standard InChI is InChI=1S/C25H27F2N3O5Si/c1-34-16-5-6-18-14(9-16)7-8-30(22(32)13-17-12-21(31)29-35-17)23(18)25(33)28-15-10-19(26)24(20(27)11-15)36(2,3)4/h5-6,9-12,23H,7-8,13H2,1-4H3,(H,28,33)(H,29,31)/t23-/m1/s1. The number of ether oxygens (including phenoxy) is 1. The zero-order valence-electron chi connectivity index (χ0n) is 20.4. The smallest absolute Gasteiger partial charge is 0.280 e. The first kappa shape index (κ1) is 25.4. The van der Waals surface area contributed by atoms with Crippen molar-refractivity contribution in [1.82, 2.24) is 10.1 Å². The number of hydrogen-bond donors (Lipinski definition) is 2. The van der Waals surface area contributed by atoms with Crippen molar-refractivity contribution in [1.29, 1.82) is 0 Å². The summed E-state index contributed by atoms with van der Waals surface area (Å²) in [5.41, 5.74) is 0.872. The van der Waals surface area contributed by atoms with E-state index in [0.29, 0.717) is 17.7 Å². The number of methoxy groups -OCH3 is 1. The predicted molar refractivity (Wildman–Crippen MR) is 132 cm³/mol. The van der Waals surface area contributed by atoms with E-state index in [9.17, 15) is 23.2 Å². The Morgan fingerprint density at radius 2 is 1.86 bits per heavy atom. The van der Waals surface area contributed by atoms with Crippen LogP contribution in [0, 0.1) is 11.6 Å². The van der Waals surface area contributed by atoms with Crippen LogP contribution in [-0.2, 0) is 22.4 Å². The third-order valence-electron chi connectivity index (χ3n) is 6.11. The van der Waals surface area contributed by atoms with Crippen LogP contribution in [0.1, 0.15) is 22.9 Å². The first-order valence-electron chi connectivity index (χ1n) is 11.4. The van der Waals surface area contributed by atoms with E-state index < -0.39 is 43.1 Å². The Labute approximate surface area is 207 Å². The van der Waals surface area contributed by atoms with Crippen molar-refractivity contribution in [3.8, 4) is 5.75 Å². The zero-order valence-corrected chi connectivity index (χ0v) is 21.4. The van der Waals surface area contributed by atoms with Gasteiger partial charge < -0.3 is 19.5 Å². The third kappa shape index (κ3) is 5.10. The number of halogens is 2. The number of fused-ring (bicyclic) bond motifs is 1. The minimum atomic E-state index is -2.30. The number of benzene rings is 2. The third-order valence-corrected chi connectivity index (χ3v) is 8.08. The van der Waals surface area contributed by atoms with E-state index in [4.69, 9.17) is 9.26 Å². The molecule has 36 heavy (non-hydrogen) atoms. The number of rotatable bonds is 6. The SMILES string of the molecule is COc1ccc2c(c1)CCN(C(=O)Cc1cc(=O)[nH]o1)[C@H]2C(=O)Nc1cc(F)c([Si](C)(C)C)c(F)c1. The van der Waals surface area contributed by atoms with Crippen molar-refractivity contribution in [2.75, 3.05) is 19.0 Å². The topological polar surface area (TPSA) is 105 Å². The molecular formula is C25H27F2N3O5Si. The summed E-state index contributed by atoms with van der Waals surface area (Å²) < 4.78 is 39.9. The molecule has 3 aromatic rings. The highest BCUT2D eigenvalue weighted by atomic mass is 28.3. The average Bonchev–Trinajstić information content (AvgIpc) is 3.20. The summed E-state index contributed by atoms with van der Waals surface area (Å²) in [6.45, 7) is 5.70. The highest BCUT2D eigenvalue weighted by molar-refractivity contribution is 6.88. The maximum atomic E-state index is 14.8. The largest absolute Gasteiger partial charge is 0.497 e. The number of anilines is 1. The quantitative estimate of drug-likeness (QED) is 0.491. The van der Waals surface area contributed by atoms with Crippen molar-refractivity contribution < 1.29 is 27.6 Å². The van der Waals surface area contributed by atoms with Gasteiger partial charge in [-0.15, -0.1) is 0 Å². The van der Waals surface area contributed by atoms with Gasteiger partial charge in [0, 0.05) is 23.5 Å². The molecule has 2 aromatic carbocycles. The van der Waals surface area contributed by atoms with Crippen LogP contribution in [0.3, 0.4) is 0 Å². The first-order chi connectivity index (χ1) is 17.0. The molecule has 2 heterocycles. The van der Waals surface area contributed by atoms with Crippen molar-refractivity contribution >= 4 is 30.8 Å². The molecule has 1 aliphatic heterocycles. The van der Waals surface area contributed by atoms with Crippen LogP contribution in [0.15, 0.2) is 45.7 Å². The molecular weight excluding hydrogens is 488 g/mol. The van der Waals surface area contributed by atoms with Gasteiger partial charge in [-0.1, -0.05) is 25.7 Å². The molecule has 2 N–H and O–H groups in total. The molecule has 4 rings (SSSR count). The fraction of sp³-hybridized carbons (Fsp3) is 0.320. The van der Waals surface area contributed by atoms with E-state index in [1.165, 1.54) is 18.1 Å². The van der Waals surface area contributed by atoms with Crippen LogP contribution >= 0.6 is 0 Å². The summed E-state index contributed by atoms with van der Waals surface area (Å²) in [5, 5.41) is 4.78. The molecule has 1 atom stereocenters. The van der Waals surface area contributed by atoms with Crippen LogP contribution in [0.4, 0.5) is 14.5 Å². The van der Waals surface area contributed by atoms with E-state index in [-0.39, 0.29) is 29.6 Å². The van der Waals surface area contributed by atoms with E-state index in [0.717, 1.165) is 17.7 Å². The number of carbonyl (C=O) groups is 2. The lowest BCUT2D eigenvalue weighted by Gasteiger charge is -2.36. The summed E-state index contributed by atoms with van der Waals surface area (Å²) in [6, 6.07) is 7.48. The first-order valence-corrected chi connectivity index (χ1v) is 14.9. The monoisotopic (exact) mass is 515 g/mol. The Morgan fingerprint density at radius 1 is 1.17 bits per heavy atom. The molecule has 0 spiro atoms. The van der Waals surface area contributed by atoms with Gasteiger partial charge in [0.2, 0.25) is 5.91 Å². The lowest BCUT2D eigenvalue weighted by atomic mass is 9.91. The summed E-state index contributed by atoms with van der Waals surface area (Å²) in [7, 11) is -0.766. The van der Waals surface area contributed by atoms with Gasteiger partial charge in [0.25, 0.3) is 11.5 Å². The van der Waals surface area contributed by atoms with Crippen LogP contribution in [-0.4, -0.2) is 43.6 Å². The van der Waals surface area contributed by atoms with Gasteiger partial charge in [-0.05, 0) is 41.8 Å². The maximum absolute atomic E-state index is 14.8. The molecule has 1 aromatic heterocycles. The molecule has 0 saturated carbocycles. The minimum absolute atomic E-state index is 0.0401. The van der Waals surface area contributed by atoms with Crippen molar-refractivity contribution in [3.05, 3.63) is 75.3 Å². The molecule has 2 amide bonds. The maximum Gasteiger partial charge on any atom is 0.280 e. The second-order valence-corrected chi connectivity index (χ2v) is 14.7. The lowest BCUT2D eigenvalue weighted by molar-refractivity contribution is -0.139. The summed E-state index contributed by atoms with van der Waals surface area (Å²) in [6.07, 6.45) is 0.232. The molecule has 0 fully saturated rings. The van der Waals surface area contributed by atoms with Gasteiger partial charge >= 0.3 is 0 Å². The Hall–Kier alpha value is -3.73. The highest BCUT2D eigenvalue weighted by Crippen LogP contribution is 2.34. The van der Waals surface area contributed by atoms with Gasteiger partial charge in [-0.2, -0.15) is 5.16 Å². The molecule has 0 aliphatic carbocycles. The van der Waals surface area contributed by atoms with E-state index in [1.807, 2.05) is 19.6 Å². The number of nitrogens with one attached hydrogen (secondary N) is 2. The number of carbonyl (C=O) groups excluding carboxylic acids is 2. The zero-order chi connectivity index (χ0) is 26.2. The normalized spacial score (nSPS) is 15.4. The highest BCUT2D eigenvalue weighted by Gasteiger charge is 2.37. The summed E-state index contributed by atoms with van der Waals surface area (Å²) in [4.78, 5) is 39.4. The Balaban J connectivity index is 1.68. The molecule has 190 valence electrons. The molecule has 11 heteroatoms. The van der Waals surface area contributed by atoms with Gasteiger partial charge in [-0.25, -0.2) is 8.78 Å². The van der Waals surface area contributed by atoms with Crippen LogP contribution in [0.5, 0.6) is 5.75 Å². The predicted octanol–water partition coefficient (Wildman–Crippen LogP) is 3.11. The van der Waals surface area contributed by atoms with E-state index >= 15 is 0 Å². The molecule has 8 nitrogen and oxygen atoms in total. The summed E-state index contributed by atoms with van der Waals surface area (Å²) in [5.74, 6) is -1.75. The van der Waals surface area contributed by atoms with Crippen LogP contribution in [0.25, 0.3) is 0 Å². The number of nitrogens with zero attached hydrogens (tertiary/aromatic N) is 1. The van der Waals surface area contributed by atoms with Crippen molar-refractivity contribution in [2.45, 2.75) is 38.5 Å². The lowest BCUT2D eigenvalue weighted by Crippen LogP contribution is -2.46. The minimum Gasteiger partial charge on any atom is -0.497 e. The number of H-pyrrole nitrogens is 1. The molecule has 0 radical (unpaired) electrons. The van der Waals surface area contributed by atoms with Crippen molar-refractivity contribution in [3.63, 3.8) is 0 Å². The summed E-state index contributed by atoms with van der Waals surface area (Å²) >= 11 is 0.